The van der Waals surface area contributed by atoms with Gasteiger partial charge in [-0.3, -0.25) is 9.78 Å². The number of carbonyl (C=O) groups excluding carboxylic acids is 1. The zero-order chi connectivity index (χ0) is 28.1. The fourth-order valence-electron chi connectivity index (χ4n) is 4.32. The van der Waals surface area contributed by atoms with Crippen LogP contribution in [0.5, 0.6) is 11.6 Å². The zero-order valence-electron chi connectivity index (χ0n) is 21.6. The Morgan fingerprint density at radius 1 is 1.23 bits per heavy atom. The molecule has 13 heteroatoms. The van der Waals surface area contributed by atoms with Gasteiger partial charge < -0.3 is 24.6 Å². The Hall–Kier alpha value is -4.58. The number of hydrogen-bond donors (Lipinski definition) is 1. The number of ether oxygens (including phenoxy) is 2. The second-order valence-electron chi connectivity index (χ2n) is 8.96. The van der Waals surface area contributed by atoms with Gasteiger partial charge >= 0.3 is 0 Å². The summed E-state index contributed by atoms with van der Waals surface area (Å²) in [7, 11) is 1.97. The average Bonchev–Trinajstić information content (AvgIpc) is 3.47. The van der Waals surface area contributed by atoms with Crippen molar-refractivity contribution in [3.8, 4) is 11.6 Å². The first-order valence-corrected chi connectivity index (χ1v) is 12.8. The molecular weight excluding hydrogens is 539 g/mol. The van der Waals surface area contributed by atoms with E-state index in [2.05, 4.69) is 41.5 Å². The standard InChI is InChI=1S/C27H26ClFN8O3/c1-3-25(38)37-9-8-19(13-37)36(2)23-7-5-21-26(35-23)27(33-16-32-21)34-17-4-6-22(20(28)10-17)39-14-18-11-31-24(12-30-18)40-15-29/h3-7,10-12,16,19H,1,8-9,13-15H2,2H3,(H,32,33,34)/t19-/m0/s1. The summed E-state index contributed by atoms with van der Waals surface area (Å²) in [6.07, 6.45) is 6.41. The lowest BCUT2D eigenvalue weighted by atomic mass is 10.2. The van der Waals surface area contributed by atoms with Crippen LogP contribution in [0.4, 0.5) is 21.7 Å². The van der Waals surface area contributed by atoms with Gasteiger partial charge in [0.15, 0.2) is 5.82 Å². The molecule has 1 fully saturated rings. The third-order valence-corrected chi connectivity index (χ3v) is 6.78. The predicted octanol–water partition coefficient (Wildman–Crippen LogP) is 4.32. The Bertz CT molecular complexity index is 1520. The third kappa shape index (κ3) is 6.01. The van der Waals surface area contributed by atoms with Gasteiger partial charge in [-0.15, -0.1) is 0 Å². The molecule has 1 aromatic carbocycles. The molecule has 1 saturated heterocycles. The minimum atomic E-state index is -0.974. The van der Waals surface area contributed by atoms with Crippen molar-refractivity contribution < 1.29 is 18.7 Å². The van der Waals surface area contributed by atoms with E-state index < -0.39 is 6.86 Å². The lowest BCUT2D eigenvalue weighted by molar-refractivity contribution is -0.125. The number of nitrogens with one attached hydrogen (secondary N) is 1. The minimum Gasteiger partial charge on any atom is -0.486 e. The molecule has 0 aliphatic carbocycles. The molecule has 206 valence electrons. The van der Waals surface area contributed by atoms with Crippen molar-refractivity contribution in [2.45, 2.75) is 19.1 Å². The first-order valence-electron chi connectivity index (χ1n) is 12.4. The molecule has 0 saturated carbocycles. The number of benzene rings is 1. The fourth-order valence-corrected chi connectivity index (χ4v) is 4.56. The summed E-state index contributed by atoms with van der Waals surface area (Å²) in [5, 5.41) is 3.65. The van der Waals surface area contributed by atoms with Crippen LogP contribution in [0.1, 0.15) is 12.1 Å². The van der Waals surface area contributed by atoms with Crippen LogP contribution < -0.4 is 19.7 Å². The maximum absolute atomic E-state index is 12.2. The molecule has 1 N–H and O–H groups in total. The fraction of sp³-hybridized carbons (Fsp3) is 0.259. The molecule has 3 aromatic heterocycles. The van der Waals surface area contributed by atoms with Crippen molar-refractivity contribution in [1.82, 2.24) is 29.8 Å². The number of likely N-dealkylation sites (tertiary alicyclic amines) is 1. The molecule has 0 radical (unpaired) electrons. The summed E-state index contributed by atoms with van der Waals surface area (Å²) in [5.41, 5.74) is 2.49. The first-order chi connectivity index (χ1) is 19.4. The highest BCUT2D eigenvalue weighted by Gasteiger charge is 2.28. The first kappa shape index (κ1) is 27.0. The van der Waals surface area contributed by atoms with Crippen LogP contribution in [-0.4, -0.2) is 68.8 Å². The van der Waals surface area contributed by atoms with Crippen LogP contribution in [0.25, 0.3) is 11.0 Å². The van der Waals surface area contributed by atoms with E-state index in [9.17, 15) is 9.18 Å². The van der Waals surface area contributed by atoms with Crippen molar-refractivity contribution in [3.63, 3.8) is 0 Å². The molecule has 40 heavy (non-hydrogen) atoms. The number of anilines is 3. The molecule has 1 aliphatic heterocycles. The van der Waals surface area contributed by atoms with E-state index in [1.54, 1.807) is 23.1 Å². The molecule has 5 rings (SSSR count). The smallest absolute Gasteiger partial charge is 0.246 e. The highest BCUT2D eigenvalue weighted by molar-refractivity contribution is 6.32. The van der Waals surface area contributed by atoms with Crippen LogP contribution in [0, 0.1) is 0 Å². The average molecular weight is 565 g/mol. The summed E-state index contributed by atoms with van der Waals surface area (Å²) < 4.78 is 22.6. The lowest BCUT2D eigenvalue weighted by Gasteiger charge is -2.26. The Morgan fingerprint density at radius 3 is 2.85 bits per heavy atom. The van der Waals surface area contributed by atoms with Crippen LogP contribution >= 0.6 is 11.6 Å². The summed E-state index contributed by atoms with van der Waals surface area (Å²) in [6, 6.07) is 9.18. The Balaban J connectivity index is 1.29. The quantitative estimate of drug-likeness (QED) is 0.279. The number of rotatable bonds is 10. The van der Waals surface area contributed by atoms with E-state index in [1.165, 1.54) is 24.8 Å². The van der Waals surface area contributed by atoms with Crippen LogP contribution in [0.15, 0.2) is 61.7 Å². The summed E-state index contributed by atoms with van der Waals surface area (Å²) in [5.74, 6) is 1.75. The number of carbonyl (C=O) groups is 1. The van der Waals surface area contributed by atoms with E-state index in [4.69, 9.17) is 21.3 Å². The molecule has 1 atom stereocenters. The Labute approximate surface area is 234 Å². The van der Waals surface area contributed by atoms with Gasteiger partial charge in [0.25, 0.3) is 0 Å². The molecule has 0 bridgehead atoms. The van der Waals surface area contributed by atoms with E-state index in [0.717, 1.165) is 12.2 Å². The van der Waals surface area contributed by atoms with Gasteiger partial charge in [0.05, 0.1) is 28.6 Å². The number of amides is 1. The van der Waals surface area contributed by atoms with E-state index in [1.807, 2.05) is 19.2 Å². The molecule has 0 unspecified atom stereocenters. The molecule has 4 heterocycles. The highest BCUT2D eigenvalue weighted by Crippen LogP contribution is 2.31. The van der Waals surface area contributed by atoms with Gasteiger partial charge in [0.2, 0.25) is 18.6 Å². The normalized spacial score (nSPS) is 14.7. The minimum absolute atomic E-state index is 0.0649. The van der Waals surface area contributed by atoms with Gasteiger partial charge in [-0.05, 0) is 42.8 Å². The molecule has 1 amide bonds. The summed E-state index contributed by atoms with van der Waals surface area (Å²) >= 11 is 6.48. The lowest BCUT2D eigenvalue weighted by Crippen LogP contribution is -2.36. The molecular formula is C27H26ClFN8O3. The van der Waals surface area contributed by atoms with Crippen LogP contribution in [-0.2, 0) is 11.4 Å². The van der Waals surface area contributed by atoms with Crippen LogP contribution in [0.3, 0.4) is 0 Å². The van der Waals surface area contributed by atoms with Gasteiger partial charge in [0, 0.05) is 31.9 Å². The van der Waals surface area contributed by atoms with Gasteiger partial charge in [-0.2, -0.15) is 0 Å². The summed E-state index contributed by atoms with van der Waals surface area (Å²) in [6.45, 7) is 4.01. The maximum Gasteiger partial charge on any atom is 0.246 e. The zero-order valence-corrected chi connectivity index (χ0v) is 22.4. The number of alkyl halides is 1. The van der Waals surface area contributed by atoms with Crippen molar-refractivity contribution in [2.24, 2.45) is 0 Å². The van der Waals surface area contributed by atoms with Crippen molar-refractivity contribution in [2.75, 3.05) is 37.2 Å². The Morgan fingerprint density at radius 2 is 2.10 bits per heavy atom. The van der Waals surface area contributed by atoms with Gasteiger partial charge in [-0.1, -0.05) is 18.2 Å². The number of halogens is 2. The van der Waals surface area contributed by atoms with Crippen LogP contribution in [0.2, 0.25) is 5.02 Å². The molecule has 11 nitrogen and oxygen atoms in total. The number of likely N-dealkylation sites (N-methyl/N-ethyl adjacent to an activating group) is 1. The highest BCUT2D eigenvalue weighted by atomic mass is 35.5. The van der Waals surface area contributed by atoms with Crippen molar-refractivity contribution in [1.29, 1.82) is 0 Å². The number of aromatic nitrogens is 5. The van der Waals surface area contributed by atoms with E-state index in [-0.39, 0.29) is 24.4 Å². The molecule has 1 aliphatic rings. The maximum atomic E-state index is 12.2. The summed E-state index contributed by atoms with van der Waals surface area (Å²) in [4.78, 5) is 37.5. The van der Waals surface area contributed by atoms with Crippen molar-refractivity contribution >= 4 is 45.9 Å². The molecule has 0 spiro atoms. The third-order valence-electron chi connectivity index (χ3n) is 6.48. The van der Waals surface area contributed by atoms with Crippen molar-refractivity contribution in [3.05, 3.63) is 72.4 Å². The monoisotopic (exact) mass is 564 g/mol. The SMILES string of the molecule is C=CC(=O)N1CC[C@H](N(C)c2ccc3ncnc(Nc4ccc(OCc5cnc(OCF)cn5)c(Cl)c4)c3n2)C1. The second-order valence-corrected chi connectivity index (χ2v) is 9.37. The number of fused-ring (bicyclic) bond motifs is 1. The van der Waals surface area contributed by atoms with E-state index >= 15 is 0 Å². The Kier molecular flexibility index (Phi) is 8.15. The van der Waals surface area contributed by atoms with Gasteiger partial charge in [0.1, 0.15) is 30.0 Å². The van der Waals surface area contributed by atoms with E-state index in [0.29, 0.717) is 52.1 Å². The predicted molar refractivity (Wildman–Crippen MR) is 149 cm³/mol. The number of hydrogen-bond acceptors (Lipinski definition) is 10. The number of pyridine rings is 1. The van der Waals surface area contributed by atoms with Gasteiger partial charge in [-0.25, -0.2) is 24.3 Å². The molecule has 4 aromatic rings. The topological polar surface area (TPSA) is 118 Å². The second kappa shape index (κ2) is 12.1. The largest absolute Gasteiger partial charge is 0.486 e. The number of nitrogens with zero attached hydrogens (tertiary/aromatic N) is 7.